The van der Waals surface area contributed by atoms with Crippen LogP contribution in [0.25, 0.3) is 0 Å². The highest BCUT2D eigenvalue weighted by Crippen LogP contribution is 2.10. The highest BCUT2D eigenvalue weighted by molar-refractivity contribution is 6.00. The Kier molecular flexibility index (Phi) is 3.28. The van der Waals surface area contributed by atoms with E-state index in [1.165, 1.54) is 12.3 Å². The van der Waals surface area contributed by atoms with Crippen LogP contribution in [0.15, 0.2) is 31.0 Å². The third kappa shape index (κ3) is 2.76. The van der Waals surface area contributed by atoms with Crippen molar-refractivity contribution in [2.24, 2.45) is 7.05 Å². The molecule has 0 saturated carbocycles. The van der Waals surface area contributed by atoms with E-state index in [2.05, 4.69) is 4.98 Å². The molecule has 2 rings (SSSR count). The van der Waals surface area contributed by atoms with Gasteiger partial charge in [-0.25, -0.2) is 23.7 Å². The molecule has 0 bridgehead atoms. The largest absolute Gasteiger partial charge is 0.478 e. The summed E-state index contributed by atoms with van der Waals surface area (Å²) in [5.41, 5.74) is -0.130. The van der Waals surface area contributed by atoms with Gasteiger partial charge in [0.05, 0.1) is 12.6 Å². The maximum atomic E-state index is 11.0. The molecule has 98 valence electrons. The SMILES string of the molecule is C[n+]1ccn(Cc2cnc(C(=O)O)c(C(=O)O)c2)c1. The Balaban J connectivity index is 2.35. The number of hydrogen-bond acceptors (Lipinski definition) is 3. The third-order valence-corrected chi connectivity index (χ3v) is 2.57. The van der Waals surface area contributed by atoms with E-state index in [-0.39, 0.29) is 5.56 Å². The van der Waals surface area contributed by atoms with E-state index < -0.39 is 17.6 Å². The summed E-state index contributed by atoms with van der Waals surface area (Å²) in [5.74, 6) is -2.65. The lowest BCUT2D eigenvalue weighted by atomic mass is 10.1. The summed E-state index contributed by atoms with van der Waals surface area (Å²) < 4.78 is 3.68. The van der Waals surface area contributed by atoms with Gasteiger partial charge in [0, 0.05) is 11.8 Å². The van der Waals surface area contributed by atoms with E-state index in [0.717, 1.165) is 0 Å². The van der Waals surface area contributed by atoms with Crippen molar-refractivity contribution in [2.75, 3.05) is 0 Å². The van der Waals surface area contributed by atoms with Gasteiger partial charge in [-0.05, 0) is 6.07 Å². The normalized spacial score (nSPS) is 10.4. The van der Waals surface area contributed by atoms with Gasteiger partial charge in [0.1, 0.15) is 18.9 Å². The van der Waals surface area contributed by atoms with Crippen LogP contribution in [0.1, 0.15) is 26.4 Å². The van der Waals surface area contributed by atoms with Gasteiger partial charge in [-0.2, -0.15) is 0 Å². The summed E-state index contributed by atoms with van der Waals surface area (Å²) >= 11 is 0. The van der Waals surface area contributed by atoms with E-state index in [1.54, 1.807) is 0 Å². The summed E-state index contributed by atoms with van der Waals surface area (Å²) in [6.07, 6.45) is 6.87. The number of imidazole rings is 1. The summed E-state index contributed by atoms with van der Waals surface area (Å²) in [6, 6.07) is 1.33. The molecule has 0 aliphatic rings. The van der Waals surface area contributed by atoms with E-state index in [4.69, 9.17) is 10.2 Å². The molecule has 0 aliphatic heterocycles. The first-order valence-corrected chi connectivity index (χ1v) is 5.44. The molecule has 2 N–H and O–H groups in total. The van der Waals surface area contributed by atoms with Crippen LogP contribution < -0.4 is 4.57 Å². The number of aromatic carboxylic acids is 2. The van der Waals surface area contributed by atoms with Crippen LogP contribution in [0, 0.1) is 0 Å². The van der Waals surface area contributed by atoms with E-state index >= 15 is 0 Å². The maximum Gasteiger partial charge on any atom is 0.355 e. The number of aryl methyl sites for hydroxylation is 1. The fraction of sp³-hybridized carbons (Fsp3) is 0.167. The summed E-state index contributed by atoms with van der Waals surface area (Å²) in [6.45, 7) is 0.425. The van der Waals surface area contributed by atoms with Crippen molar-refractivity contribution in [1.82, 2.24) is 9.55 Å². The van der Waals surface area contributed by atoms with Gasteiger partial charge in [0.15, 0.2) is 5.69 Å². The zero-order chi connectivity index (χ0) is 14.0. The first-order valence-electron chi connectivity index (χ1n) is 5.44. The van der Waals surface area contributed by atoms with Crippen molar-refractivity contribution in [3.8, 4) is 0 Å². The molecule has 0 amide bonds. The molecular formula is C12H12N3O4+. The molecule has 0 unspecified atom stereocenters. The van der Waals surface area contributed by atoms with E-state index in [0.29, 0.717) is 12.1 Å². The lowest BCUT2D eigenvalue weighted by molar-refractivity contribution is -0.671. The maximum absolute atomic E-state index is 11.0. The van der Waals surface area contributed by atoms with Crippen molar-refractivity contribution >= 4 is 11.9 Å². The second-order valence-corrected chi connectivity index (χ2v) is 4.10. The van der Waals surface area contributed by atoms with Gasteiger partial charge >= 0.3 is 11.9 Å². The standard InChI is InChI=1S/C12H11N3O4/c1-14-2-3-15(7-14)6-8-4-9(11(16)17)10(12(18)19)13-5-8/h2-5,7H,6H2,1H3,(H-,16,17,18,19)/p+1. The molecule has 2 aromatic heterocycles. The second kappa shape index (κ2) is 4.89. The van der Waals surface area contributed by atoms with Gasteiger partial charge < -0.3 is 10.2 Å². The lowest BCUT2D eigenvalue weighted by Gasteiger charge is -2.03. The number of carbonyl (C=O) groups is 2. The quantitative estimate of drug-likeness (QED) is 0.765. The molecule has 0 saturated heterocycles. The minimum absolute atomic E-state index is 0.304. The van der Waals surface area contributed by atoms with E-state index in [1.807, 2.05) is 34.9 Å². The first-order chi connectivity index (χ1) is 8.97. The predicted molar refractivity (Wildman–Crippen MR) is 62.9 cm³/mol. The smallest absolute Gasteiger partial charge is 0.355 e. The van der Waals surface area contributed by atoms with Gasteiger partial charge in [0.25, 0.3) is 0 Å². The Morgan fingerprint density at radius 1 is 1.37 bits per heavy atom. The highest BCUT2D eigenvalue weighted by Gasteiger charge is 2.18. The first kappa shape index (κ1) is 12.7. The van der Waals surface area contributed by atoms with Crippen LogP contribution in [-0.4, -0.2) is 31.7 Å². The highest BCUT2D eigenvalue weighted by atomic mass is 16.4. The Morgan fingerprint density at radius 3 is 2.63 bits per heavy atom. The zero-order valence-electron chi connectivity index (χ0n) is 10.1. The van der Waals surface area contributed by atoms with Gasteiger partial charge in [-0.3, -0.25) is 0 Å². The van der Waals surface area contributed by atoms with Crippen LogP contribution in [0.5, 0.6) is 0 Å². The van der Waals surface area contributed by atoms with Crippen molar-refractivity contribution in [2.45, 2.75) is 6.54 Å². The fourth-order valence-corrected chi connectivity index (χ4v) is 1.73. The van der Waals surface area contributed by atoms with Crippen LogP contribution in [0.2, 0.25) is 0 Å². The third-order valence-electron chi connectivity index (χ3n) is 2.57. The average Bonchev–Trinajstić information content (AvgIpc) is 2.74. The Bertz CT molecular complexity index is 648. The van der Waals surface area contributed by atoms with Gasteiger partial charge in [-0.1, -0.05) is 0 Å². The number of carboxylic acid groups (broad SMARTS) is 2. The Morgan fingerprint density at radius 2 is 2.11 bits per heavy atom. The number of pyridine rings is 1. The number of aromatic nitrogens is 3. The van der Waals surface area contributed by atoms with Crippen LogP contribution in [-0.2, 0) is 13.6 Å². The summed E-state index contributed by atoms with van der Waals surface area (Å²) in [5, 5.41) is 17.9. The molecular weight excluding hydrogens is 250 g/mol. The number of carboxylic acids is 2. The molecule has 0 atom stereocenters. The monoisotopic (exact) mass is 262 g/mol. The van der Waals surface area contributed by atoms with Gasteiger partial charge in [0.2, 0.25) is 6.33 Å². The second-order valence-electron chi connectivity index (χ2n) is 4.10. The molecule has 2 heterocycles. The van der Waals surface area contributed by atoms with Gasteiger partial charge in [-0.15, -0.1) is 0 Å². The van der Waals surface area contributed by atoms with Crippen molar-refractivity contribution < 1.29 is 24.4 Å². The molecule has 0 aromatic carbocycles. The summed E-state index contributed by atoms with van der Waals surface area (Å²) in [4.78, 5) is 25.6. The van der Waals surface area contributed by atoms with Crippen LogP contribution in [0.4, 0.5) is 0 Å². The minimum atomic E-state index is -1.35. The Labute approximate surface area is 108 Å². The zero-order valence-corrected chi connectivity index (χ0v) is 10.1. The molecule has 2 aromatic rings. The number of nitrogens with zero attached hydrogens (tertiary/aromatic N) is 3. The Hall–Kier alpha value is -2.70. The predicted octanol–water partition coefficient (Wildman–Crippen LogP) is 0.152. The fourth-order valence-electron chi connectivity index (χ4n) is 1.73. The molecule has 19 heavy (non-hydrogen) atoms. The number of hydrogen-bond donors (Lipinski definition) is 2. The topological polar surface area (TPSA) is 96.3 Å². The van der Waals surface area contributed by atoms with Crippen molar-refractivity contribution in [1.29, 1.82) is 0 Å². The molecule has 7 nitrogen and oxygen atoms in total. The average molecular weight is 262 g/mol. The lowest BCUT2D eigenvalue weighted by Crippen LogP contribution is -2.23. The molecule has 7 heteroatoms. The molecule has 0 spiro atoms. The van der Waals surface area contributed by atoms with Crippen molar-refractivity contribution in [3.05, 3.63) is 47.8 Å². The van der Waals surface area contributed by atoms with Crippen LogP contribution >= 0.6 is 0 Å². The minimum Gasteiger partial charge on any atom is -0.478 e. The van der Waals surface area contributed by atoms with Crippen LogP contribution in [0.3, 0.4) is 0 Å². The number of rotatable bonds is 4. The van der Waals surface area contributed by atoms with Crippen molar-refractivity contribution in [3.63, 3.8) is 0 Å². The molecule has 0 fully saturated rings. The van der Waals surface area contributed by atoms with E-state index in [9.17, 15) is 9.59 Å². The molecule has 0 radical (unpaired) electrons. The summed E-state index contributed by atoms with van der Waals surface area (Å²) in [7, 11) is 1.87. The molecule has 0 aliphatic carbocycles.